The number of fused-ring (bicyclic) bond motifs is 1. The number of pyridine rings is 1. The van der Waals surface area contributed by atoms with Gasteiger partial charge in [0.25, 0.3) is 0 Å². The number of carboxylic acid groups (broad SMARTS) is 1. The van der Waals surface area contributed by atoms with E-state index >= 15 is 0 Å². The third-order valence-corrected chi connectivity index (χ3v) is 3.27. The molecule has 2 aromatic carbocycles. The number of amides is 1. The number of hydrogen-bond acceptors (Lipinski definition) is 4. The molecule has 0 saturated carbocycles. The van der Waals surface area contributed by atoms with Gasteiger partial charge in [0.1, 0.15) is 5.75 Å². The number of carbonyl (C=O) groups is 2. The van der Waals surface area contributed by atoms with Gasteiger partial charge in [0, 0.05) is 22.7 Å². The van der Waals surface area contributed by atoms with Gasteiger partial charge in [-0.05, 0) is 30.3 Å². The molecule has 0 radical (unpaired) electrons. The van der Waals surface area contributed by atoms with Crippen molar-refractivity contribution in [3.05, 3.63) is 70.5 Å². The molecule has 0 bridgehead atoms. The van der Waals surface area contributed by atoms with Crippen molar-refractivity contribution in [1.82, 2.24) is 4.98 Å². The van der Waals surface area contributed by atoms with Crippen molar-refractivity contribution < 1.29 is 19.4 Å². The molecule has 1 heterocycles. The van der Waals surface area contributed by atoms with Crippen LogP contribution in [0.2, 0.25) is 0 Å². The first-order chi connectivity index (χ1) is 11.5. The predicted octanol–water partition coefficient (Wildman–Crippen LogP) is 2.84. The van der Waals surface area contributed by atoms with Crippen LogP contribution in [-0.2, 0) is 0 Å². The van der Waals surface area contributed by atoms with Crippen LogP contribution in [0.5, 0.6) is 5.75 Å². The molecule has 0 fully saturated rings. The Labute approximate surface area is 135 Å². The van der Waals surface area contributed by atoms with Crippen LogP contribution in [0.15, 0.2) is 59.4 Å². The number of hydrogen-bond donors (Lipinski definition) is 3. The largest absolute Gasteiger partial charge is 0.478 e. The topological polar surface area (TPSA) is 108 Å². The van der Waals surface area contributed by atoms with Gasteiger partial charge in [-0.3, -0.25) is 10.1 Å². The molecule has 24 heavy (non-hydrogen) atoms. The number of carbonyl (C=O) groups excluding carboxylic acids is 1. The fourth-order valence-electron chi connectivity index (χ4n) is 2.25. The van der Waals surface area contributed by atoms with Gasteiger partial charge < -0.3 is 14.8 Å². The second kappa shape index (κ2) is 6.25. The minimum Gasteiger partial charge on any atom is -0.478 e. The summed E-state index contributed by atoms with van der Waals surface area (Å²) in [5, 5.41) is 12.0. The summed E-state index contributed by atoms with van der Waals surface area (Å²) in [6.07, 6.45) is -0.707. The standard InChI is InChI=1S/C17H12N2O5/c20-15-9-13(16(21)22)12-8-10(6-7-14(12)19-15)18-17(23)24-11-4-2-1-3-5-11/h1-9H,(H,18,23)(H,19,20)(H,21,22). The Morgan fingerprint density at radius 2 is 1.79 bits per heavy atom. The summed E-state index contributed by atoms with van der Waals surface area (Å²) in [4.78, 5) is 37.2. The van der Waals surface area contributed by atoms with E-state index < -0.39 is 17.6 Å². The highest BCUT2D eigenvalue weighted by molar-refractivity contribution is 6.03. The average Bonchev–Trinajstić information content (AvgIpc) is 2.55. The molecular formula is C17H12N2O5. The molecule has 7 nitrogen and oxygen atoms in total. The minimum absolute atomic E-state index is 0.145. The maximum absolute atomic E-state index is 11.9. The molecule has 3 N–H and O–H groups in total. The highest BCUT2D eigenvalue weighted by atomic mass is 16.6. The molecule has 0 unspecified atom stereocenters. The van der Waals surface area contributed by atoms with Gasteiger partial charge in [0.2, 0.25) is 5.56 Å². The van der Waals surface area contributed by atoms with E-state index in [9.17, 15) is 19.5 Å². The molecule has 0 saturated heterocycles. The molecule has 3 rings (SSSR count). The number of carboxylic acids is 1. The number of ether oxygens (including phenoxy) is 1. The highest BCUT2D eigenvalue weighted by Crippen LogP contribution is 2.20. The lowest BCUT2D eigenvalue weighted by molar-refractivity contribution is 0.0699. The summed E-state index contributed by atoms with van der Waals surface area (Å²) < 4.78 is 5.10. The number of anilines is 1. The van der Waals surface area contributed by atoms with Crippen molar-refractivity contribution in [2.45, 2.75) is 0 Å². The van der Waals surface area contributed by atoms with Gasteiger partial charge in [0.05, 0.1) is 5.56 Å². The van der Waals surface area contributed by atoms with E-state index in [1.807, 2.05) is 0 Å². The number of benzene rings is 2. The summed E-state index contributed by atoms with van der Waals surface area (Å²) in [5.74, 6) is -0.846. The monoisotopic (exact) mass is 324 g/mol. The number of aromatic carboxylic acids is 1. The molecule has 0 aliphatic rings. The molecule has 120 valence electrons. The van der Waals surface area contributed by atoms with E-state index in [2.05, 4.69) is 10.3 Å². The fraction of sp³-hybridized carbons (Fsp3) is 0. The number of rotatable bonds is 3. The second-order valence-electron chi connectivity index (χ2n) is 4.94. The first-order valence-electron chi connectivity index (χ1n) is 6.97. The Hall–Kier alpha value is -3.61. The van der Waals surface area contributed by atoms with Crippen molar-refractivity contribution in [1.29, 1.82) is 0 Å². The van der Waals surface area contributed by atoms with Crippen LogP contribution >= 0.6 is 0 Å². The lowest BCUT2D eigenvalue weighted by Crippen LogP contribution is -2.17. The zero-order valence-corrected chi connectivity index (χ0v) is 12.3. The van der Waals surface area contributed by atoms with Crippen LogP contribution in [0.4, 0.5) is 10.5 Å². The van der Waals surface area contributed by atoms with E-state index in [-0.39, 0.29) is 5.56 Å². The number of aromatic amines is 1. The van der Waals surface area contributed by atoms with Gasteiger partial charge in [-0.25, -0.2) is 9.59 Å². The van der Waals surface area contributed by atoms with E-state index in [1.165, 1.54) is 18.2 Å². The van der Waals surface area contributed by atoms with Crippen molar-refractivity contribution in [2.24, 2.45) is 0 Å². The maximum Gasteiger partial charge on any atom is 0.417 e. The number of nitrogens with one attached hydrogen (secondary N) is 2. The van der Waals surface area contributed by atoms with Crippen molar-refractivity contribution in [3.8, 4) is 5.75 Å². The second-order valence-corrected chi connectivity index (χ2v) is 4.94. The van der Waals surface area contributed by atoms with Crippen LogP contribution in [0.3, 0.4) is 0 Å². The Morgan fingerprint density at radius 3 is 2.50 bits per heavy atom. The maximum atomic E-state index is 11.9. The van der Waals surface area contributed by atoms with Crippen molar-refractivity contribution in [2.75, 3.05) is 5.32 Å². The van der Waals surface area contributed by atoms with Gasteiger partial charge in [-0.15, -0.1) is 0 Å². The van der Waals surface area contributed by atoms with Crippen LogP contribution < -0.4 is 15.6 Å². The lowest BCUT2D eigenvalue weighted by atomic mass is 10.1. The Balaban J connectivity index is 1.89. The quantitative estimate of drug-likeness (QED) is 0.686. The van der Waals surface area contributed by atoms with E-state index in [0.29, 0.717) is 22.3 Å². The van der Waals surface area contributed by atoms with Crippen LogP contribution in [0.1, 0.15) is 10.4 Å². The first-order valence-corrected chi connectivity index (χ1v) is 6.97. The predicted molar refractivity (Wildman–Crippen MR) is 87.6 cm³/mol. The number of H-pyrrole nitrogens is 1. The molecule has 1 aromatic heterocycles. The molecule has 3 aromatic rings. The van der Waals surface area contributed by atoms with E-state index in [4.69, 9.17) is 4.74 Å². The Morgan fingerprint density at radius 1 is 1.04 bits per heavy atom. The number of aromatic nitrogens is 1. The third-order valence-electron chi connectivity index (χ3n) is 3.27. The van der Waals surface area contributed by atoms with Crippen LogP contribution in [0.25, 0.3) is 10.9 Å². The highest BCUT2D eigenvalue weighted by Gasteiger charge is 2.12. The molecule has 0 aliphatic heterocycles. The summed E-state index contributed by atoms with van der Waals surface area (Å²) in [6.45, 7) is 0. The van der Waals surface area contributed by atoms with Crippen LogP contribution in [-0.4, -0.2) is 22.2 Å². The van der Waals surface area contributed by atoms with Crippen LogP contribution in [0, 0.1) is 0 Å². The smallest absolute Gasteiger partial charge is 0.417 e. The fourth-order valence-corrected chi connectivity index (χ4v) is 2.25. The number of para-hydroxylation sites is 1. The van der Waals surface area contributed by atoms with Gasteiger partial charge in [-0.2, -0.15) is 0 Å². The molecule has 0 aliphatic carbocycles. The van der Waals surface area contributed by atoms with Crippen molar-refractivity contribution in [3.63, 3.8) is 0 Å². The molecule has 1 amide bonds. The van der Waals surface area contributed by atoms with E-state index in [1.54, 1.807) is 30.3 Å². The van der Waals surface area contributed by atoms with E-state index in [0.717, 1.165) is 6.07 Å². The van der Waals surface area contributed by atoms with Gasteiger partial charge in [-0.1, -0.05) is 18.2 Å². The zero-order valence-electron chi connectivity index (χ0n) is 12.3. The normalized spacial score (nSPS) is 10.3. The summed E-state index contributed by atoms with van der Waals surface area (Å²) >= 11 is 0. The summed E-state index contributed by atoms with van der Waals surface area (Å²) in [7, 11) is 0. The Bertz CT molecular complexity index is 979. The zero-order chi connectivity index (χ0) is 17.1. The van der Waals surface area contributed by atoms with Crippen molar-refractivity contribution >= 4 is 28.7 Å². The molecule has 0 atom stereocenters. The van der Waals surface area contributed by atoms with Gasteiger partial charge in [0.15, 0.2) is 0 Å². The minimum atomic E-state index is -1.23. The molecule has 7 heteroatoms. The first kappa shape index (κ1) is 15.3. The molecule has 0 spiro atoms. The lowest BCUT2D eigenvalue weighted by Gasteiger charge is -2.08. The Kier molecular flexibility index (Phi) is 3.98. The SMILES string of the molecule is O=C(Nc1ccc2[nH]c(=O)cc(C(=O)O)c2c1)Oc1ccccc1. The van der Waals surface area contributed by atoms with Gasteiger partial charge >= 0.3 is 12.1 Å². The third kappa shape index (κ3) is 3.25. The molecular weight excluding hydrogens is 312 g/mol. The summed E-state index contributed by atoms with van der Waals surface area (Å²) in [6, 6.07) is 14.0. The summed E-state index contributed by atoms with van der Waals surface area (Å²) in [5.41, 5.74) is 0.0535. The average molecular weight is 324 g/mol.